The van der Waals surface area contributed by atoms with Crippen LogP contribution in [-0.2, 0) is 14.8 Å². The van der Waals surface area contributed by atoms with Crippen molar-refractivity contribution >= 4 is 28.0 Å². The molecule has 9 nitrogen and oxygen atoms in total. The van der Waals surface area contributed by atoms with E-state index < -0.39 is 40.4 Å². The van der Waals surface area contributed by atoms with Crippen LogP contribution in [-0.4, -0.2) is 65.2 Å². The van der Waals surface area contributed by atoms with E-state index >= 15 is 0 Å². The maximum Gasteiger partial charge on any atom is 0.305 e. The summed E-state index contributed by atoms with van der Waals surface area (Å²) >= 11 is 0. The predicted octanol–water partition coefficient (Wildman–Crippen LogP) is 4.21. The van der Waals surface area contributed by atoms with E-state index in [0.29, 0.717) is 40.4 Å². The van der Waals surface area contributed by atoms with Gasteiger partial charge < -0.3 is 15.3 Å². The molecule has 0 aliphatic heterocycles. The third-order valence-corrected chi connectivity index (χ3v) is 7.24. The molecular formula is C27H38FN3O6S. The normalized spacial score (nSPS) is 14.1. The third-order valence-electron chi connectivity index (χ3n) is 6.08. The van der Waals surface area contributed by atoms with Gasteiger partial charge in [-0.2, -0.15) is 0 Å². The maximum atomic E-state index is 13.7. The summed E-state index contributed by atoms with van der Waals surface area (Å²) in [5.74, 6) is -1.54. The van der Waals surface area contributed by atoms with Crippen LogP contribution in [0.3, 0.4) is 0 Å². The van der Waals surface area contributed by atoms with Gasteiger partial charge in [0.1, 0.15) is 5.82 Å². The predicted molar refractivity (Wildman–Crippen MR) is 146 cm³/mol. The Bertz CT molecular complexity index is 1250. The molecule has 1 heterocycles. The number of aromatic nitrogens is 2. The molecule has 0 aliphatic rings. The fourth-order valence-electron chi connectivity index (χ4n) is 3.84. The highest BCUT2D eigenvalue weighted by atomic mass is 32.2. The number of aliphatic carboxylic acids is 1. The molecule has 3 N–H and O–H groups in total. The number of nitrogens with zero attached hydrogens (tertiary/aromatic N) is 3. The lowest BCUT2D eigenvalue weighted by Gasteiger charge is -2.23. The van der Waals surface area contributed by atoms with Crippen LogP contribution in [0, 0.1) is 11.7 Å². The van der Waals surface area contributed by atoms with Gasteiger partial charge in [-0.3, -0.25) is 4.79 Å². The number of rotatable bonds is 13. The Morgan fingerprint density at radius 1 is 1.11 bits per heavy atom. The van der Waals surface area contributed by atoms with Crippen LogP contribution in [0.2, 0.25) is 0 Å². The molecule has 11 heteroatoms. The Kier molecular flexibility index (Phi) is 10.9. The average molecular weight is 552 g/mol. The quantitative estimate of drug-likeness (QED) is 0.336. The number of aliphatic hydroxyl groups excluding tert-OH is 2. The first-order valence-electron chi connectivity index (χ1n) is 12.5. The number of carboxylic acid groups (broad SMARTS) is 1. The second-order valence-corrected chi connectivity index (χ2v) is 12.2. The molecule has 0 amide bonds. The Hall–Kier alpha value is -2.89. The van der Waals surface area contributed by atoms with Crippen LogP contribution in [0.1, 0.15) is 70.6 Å². The zero-order valence-corrected chi connectivity index (χ0v) is 23.5. The van der Waals surface area contributed by atoms with Crippen LogP contribution in [0.25, 0.3) is 17.3 Å². The molecule has 0 fully saturated rings. The number of aliphatic hydroxyl groups is 2. The van der Waals surface area contributed by atoms with Crippen LogP contribution >= 0.6 is 0 Å². The number of carboxylic acids is 1. The van der Waals surface area contributed by atoms with E-state index in [2.05, 4.69) is 9.97 Å². The molecule has 0 bridgehead atoms. The summed E-state index contributed by atoms with van der Waals surface area (Å²) in [5.41, 5.74) is 2.48. The number of carbonyl (C=O) groups is 1. The molecule has 0 saturated carbocycles. The summed E-state index contributed by atoms with van der Waals surface area (Å²) in [6, 6.07) is 5.61. The van der Waals surface area contributed by atoms with Crippen LogP contribution in [0.15, 0.2) is 29.8 Å². The van der Waals surface area contributed by atoms with E-state index in [1.54, 1.807) is 6.08 Å². The molecule has 0 spiro atoms. The van der Waals surface area contributed by atoms with Gasteiger partial charge in [-0.05, 0) is 60.6 Å². The number of anilines is 1. The zero-order valence-electron chi connectivity index (χ0n) is 22.7. The van der Waals surface area contributed by atoms with Crippen molar-refractivity contribution in [2.75, 3.05) is 17.6 Å². The maximum absolute atomic E-state index is 13.7. The molecule has 2 aromatic rings. The lowest BCUT2D eigenvalue weighted by molar-refractivity contribution is -0.139. The van der Waals surface area contributed by atoms with Gasteiger partial charge in [0.15, 0.2) is 0 Å². The van der Waals surface area contributed by atoms with Gasteiger partial charge in [-0.1, -0.05) is 27.7 Å². The van der Waals surface area contributed by atoms with Crippen molar-refractivity contribution in [3.8, 4) is 11.3 Å². The first-order chi connectivity index (χ1) is 17.6. The highest BCUT2D eigenvalue weighted by Crippen LogP contribution is 2.34. The van der Waals surface area contributed by atoms with E-state index in [9.17, 15) is 27.8 Å². The molecule has 0 radical (unpaired) electrons. The van der Waals surface area contributed by atoms with Crippen molar-refractivity contribution < 1.29 is 32.9 Å². The SMILES string of the molecule is CC(C)CCC(=Cc1c(-c2ccc(F)cc2)nc(N(C)S(C)(=O)=O)nc1C(C)C)[C@@H](O)C[C@@H](O)CC(=O)O. The van der Waals surface area contributed by atoms with Crippen LogP contribution < -0.4 is 4.31 Å². The first kappa shape index (κ1) is 31.3. The Morgan fingerprint density at radius 3 is 2.21 bits per heavy atom. The van der Waals surface area contributed by atoms with Gasteiger partial charge >= 0.3 is 5.97 Å². The Morgan fingerprint density at radius 2 is 1.71 bits per heavy atom. The van der Waals surface area contributed by atoms with E-state index in [1.807, 2.05) is 27.7 Å². The molecule has 38 heavy (non-hydrogen) atoms. The van der Waals surface area contributed by atoms with Crippen molar-refractivity contribution in [2.45, 2.75) is 71.5 Å². The van der Waals surface area contributed by atoms with Crippen molar-refractivity contribution in [3.05, 3.63) is 46.9 Å². The van der Waals surface area contributed by atoms with Crippen LogP contribution in [0.5, 0.6) is 0 Å². The fourth-order valence-corrected chi connectivity index (χ4v) is 4.22. The highest BCUT2D eigenvalue weighted by Gasteiger charge is 2.24. The highest BCUT2D eigenvalue weighted by molar-refractivity contribution is 7.92. The summed E-state index contributed by atoms with van der Waals surface area (Å²) in [7, 11) is -2.33. The summed E-state index contributed by atoms with van der Waals surface area (Å²) in [4.78, 5) is 20.1. The van der Waals surface area contributed by atoms with Gasteiger partial charge in [-0.15, -0.1) is 0 Å². The fraction of sp³-hybridized carbons (Fsp3) is 0.519. The smallest absolute Gasteiger partial charge is 0.305 e. The van der Waals surface area contributed by atoms with Crippen molar-refractivity contribution in [1.82, 2.24) is 9.97 Å². The average Bonchev–Trinajstić information content (AvgIpc) is 2.80. The summed E-state index contributed by atoms with van der Waals surface area (Å²) in [6.45, 7) is 7.84. The molecule has 1 aromatic heterocycles. The van der Waals surface area contributed by atoms with E-state index in [4.69, 9.17) is 5.11 Å². The summed E-state index contributed by atoms with van der Waals surface area (Å²) in [6.07, 6.45) is 0.909. The second kappa shape index (κ2) is 13.3. The van der Waals surface area contributed by atoms with E-state index in [-0.39, 0.29) is 18.3 Å². The van der Waals surface area contributed by atoms with Gasteiger partial charge in [0.05, 0.1) is 36.3 Å². The minimum absolute atomic E-state index is 0.0474. The van der Waals surface area contributed by atoms with E-state index in [1.165, 1.54) is 31.3 Å². The molecule has 0 saturated heterocycles. The number of benzene rings is 1. The summed E-state index contributed by atoms with van der Waals surface area (Å²) in [5, 5.41) is 30.2. The lowest BCUT2D eigenvalue weighted by atomic mass is 9.90. The zero-order chi connectivity index (χ0) is 28.8. The number of sulfonamides is 1. The lowest BCUT2D eigenvalue weighted by Crippen LogP contribution is -2.27. The molecule has 0 unspecified atom stereocenters. The van der Waals surface area contributed by atoms with Crippen LogP contribution in [0.4, 0.5) is 10.3 Å². The Labute approximate surface area is 224 Å². The number of hydrogen-bond acceptors (Lipinski definition) is 7. The van der Waals surface area contributed by atoms with Gasteiger partial charge in [0.2, 0.25) is 16.0 Å². The number of halogens is 1. The van der Waals surface area contributed by atoms with Gasteiger partial charge in [0, 0.05) is 24.6 Å². The standard InChI is InChI=1S/C27H38FN3O6S/c1-16(2)7-8-19(23(33)14-21(32)15-24(34)35)13-22-25(17(3)4)29-27(31(5)38(6,36)37)30-26(22)18-9-11-20(28)12-10-18/h9-13,16-17,21,23,32-33H,7-8,14-15H2,1-6H3,(H,34,35)/t21-,23+/m1/s1. The van der Waals surface area contributed by atoms with E-state index in [0.717, 1.165) is 17.0 Å². The summed E-state index contributed by atoms with van der Waals surface area (Å²) < 4.78 is 39.3. The number of hydrogen-bond donors (Lipinski definition) is 3. The molecule has 0 aliphatic carbocycles. The molecule has 2 atom stereocenters. The van der Waals surface area contributed by atoms with Crippen molar-refractivity contribution in [2.24, 2.45) is 5.92 Å². The van der Waals surface area contributed by atoms with Crippen molar-refractivity contribution in [3.63, 3.8) is 0 Å². The van der Waals surface area contributed by atoms with Gasteiger partial charge in [-0.25, -0.2) is 27.1 Å². The largest absolute Gasteiger partial charge is 0.481 e. The monoisotopic (exact) mass is 551 g/mol. The van der Waals surface area contributed by atoms with Crippen molar-refractivity contribution in [1.29, 1.82) is 0 Å². The van der Waals surface area contributed by atoms with Gasteiger partial charge in [0.25, 0.3) is 0 Å². The molecule has 210 valence electrons. The molecule has 1 aromatic carbocycles. The minimum atomic E-state index is -3.68. The minimum Gasteiger partial charge on any atom is -0.481 e. The molecule has 2 rings (SSSR count). The first-order valence-corrected chi connectivity index (χ1v) is 14.3. The third kappa shape index (κ3) is 8.85. The topological polar surface area (TPSA) is 141 Å². The Balaban J connectivity index is 2.81. The molecular weight excluding hydrogens is 513 g/mol. The second-order valence-electron chi connectivity index (χ2n) is 10.2.